The normalized spacial score (nSPS) is 15.7. The van der Waals surface area contributed by atoms with E-state index in [0.717, 1.165) is 16.0 Å². The first-order chi connectivity index (χ1) is 33.6. The van der Waals surface area contributed by atoms with Gasteiger partial charge in [-0.05, 0) is 57.4 Å². The summed E-state index contributed by atoms with van der Waals surface area (Å²) in [6.45, 7) is 15.0. The van der Waals surface area contributed by atoms with Gasteiger partial charge in [0, 0.05) is 39.1 Å². The number of rotatable bonds is 32. The van der Waals surface area contributed by atoms with E-state index in [4.69, 9.17) is 21.9 Å². The summed E-state index contributed by atoms with van der Waals surface area (Å²) in [7, 11) is 2.86. The Morgan fingerprint density at radius 2 is 1.32 bits per heavy atom. The highest BCUT2D eigenvalue weighted by Gasteiger charge is 2.36. The van der Waals surface area contributed by atoms with E-state index in [9.17, 15) is 58.5 Å². The molecule has 1 aromatic carbocycles. The fraction of sp³-hybridized carbons (Fsp3) is 0.551. The molecule has 0 bridgehead atoms. The van der Waals surface area contributed by atoms with Gasteiger partial charge in [-0.3, -0.25) is 33.8 Å². The van der Waals surface area contributed by atoms with Crippen LogP contribution in [0, 0.1) is 23.7 Å². The van der Waals surface area contributed by atoms with Gasteiger partial charge < -0.3 is 68.7 Å². The highest BCUT2D eigenvalue weighted by molar-refractivity contribution is 6.00. The minimum atomic E-state index is -1.86. The van der Waals surface area contributed by atoms with E-state index < -0.39 is 114 Å². The number of ether oxygens (including phenoxy) is 1. The van der Waals surface area contributed by atoms with Crippen molar-refractivity contribution in [3.8, 4) is 0 Å². The molecule has 0 aliphatic rings. The lowest BCUT2D eigenvalue weighted by Crippen LogP contribution is -2.58. The van der Waals surface area contributed by atoms with Gasteiger partial charge in [0.15, 0.2) is 5.96 Å². The molecule has 23 heteroatoms. The number of carbonyl (C=O) groups excluding carboxylic acids is 6. The smallest absolute Gasteiger partial charge is 0.327 e. The Labute approximate surface area is 420 Å². The Balaban J connectivity index is 2.89. The van der Waals surface area contributed by atoms with E-state index in [1.807, 2.05) is 50.3 Å². The fourth-order valence-corrected chi connectivity index (χ4v) is 7.03. The maximum Gasteiger partial charge on any atom is 0.327 e. The lowest BCUT2D eigenvalue weighted by atomic mass is 9.95. The summed E-state index contributed by atoms with van der Waals surface area (Å²) >= 11 is 0. The molecule has 400 valence electrons. The molecular weight excluding hydrogens is 937 g/mol. The summed E-state index contributed by atoms with van der Waals surface area (Å²) in [5, 5.41) is 41.2. The van der Waals surface area contributed by atoms with Crippen molar-refractivity contribution >= 4 is 59.3 Å². The number of hydrogen-bond acceptors (Lipinski definition) is 12. The van der Waals surface area contributed by atoms with Gasteiger partial charge >= 0.3 is 17.9 Å². The Kier molecular flexibility index (Phi) is 27.3. The zero-order valence-corrected chi connectivity index (χ0v) is 42.7. The average molecular weight is 1010 g/mol. The van der Waals surface area contributed by atoms with Crippen LogP contribution in [-0.4, -0.2) is 143 Å². The first kappa shape index (κ1) is 62.9. The SMILES string of the molecule is C=C(C(=O)N[C@H](C)C(=O)N[C@@H](CC(C)C)C(=O)N[C@@H](C(=O)O)[C@H](C)C(=O)N[C@@H](CCCN=C(N)N)C(=O)O)N(C)C(=O)CC[C@@H](NC(=O)[C@@H](C)[C@@H](N)/C=C/C(C)=C/[C@H](C)[C@H](Cc1ccccc1)OC)C(=O)O. The highest BCUT2D eigenvalue weighted by Crippen LogP contribution is 2.18. The van der Waals surface area contributed by atoms with Crippen molar-refractivity contribution in [1.29, 1.82) is 0 Å². The van der Waals surface area contributed by atoms with E-state index in [1.54, 1.807) is 33.1 Å². The molecule has 14 N–H and O–H groups in total. The molecule has 0 spiro atoms. The quantitative estimate of drug-likeness (QED) is 0.0154. The largest absolute Gasteiger partial charge is 0.480 e. The molecule has 0 aliphatic heterocycles. The molecule has 10 atom stereocenters. The molecule has 23 nitrogen and oxygen atoms in total. The minimum absolute atomic E-state index is 0.0184. The van der Waals surface area contributed by atoms with Crippen molar-refractivity contribution in [2.45, 2.75) is 129 Å². The maximum absolute atomic E-state index is 13.5. The van der Waals surface area contributed by atoms with E-state index in [-0.39, 0.29) is 56.1 Å². The molecule has 0 saturated heterocycles. The van der Waals surface area contributed by atoms with Crippen LogP contribution in [-0.2, 0) is 54.3 Å². The van der Waals surface area contributed by atoms with Gasteiger partial charge in [-0.2, -0.15) is 0 Å². The van der Waals surface area contributed by atoms with Gasteiger partial charge in [0.25, 0.3) is 5.91 Å². The lowest BCUT2D eigenvalue weighted by molar-refractivity contribution is -0.147. The number of nitrogens with zero attached hydrogens (tertiary/aromatic N) is 2. The van der Waals surface area contributed by atoms with Crippen LogP contribution >= 0.6 is 0 Å². The number of carboxylic acids is 3. The second kappa shape index (κ2) is 31.2. The van der Waals surface area contributed by atoms with Crippen molar-refractivity contribution in [1.82, 2.24) is 31.5 Å². The van der Waals surface area contributed by atoms with Crippen LogP contribution in [0.25, 0.3) is 0 Å². The van der Waals surface area contributed by atoms with Crippen molar-refractivity contribution in [2.24, 2.45) is 45.9 Å². The van der Waals surface area contributed by atoms with Gasteiger partial charge in [-0.1, -0.05) is 95.3 Å². The van der Waals surface area contributed by atoms with Crippen LogP contribution in [0.5, 0.6) is 0 Å². The Morgan fingerprint density at radius 3 is 1.85 bits per heavy atom. The Bertz CT molecular complexity index is 2140. The standard InChI is InChI=1S/C49H76N10O13/c1-26(2)23-37(45(65)58-40(48(70)71)30(6)42(62)55-35(46(66)67)17-14-22-53-49(51)52)57-43(63)31(7)54-44(64)32(8)59(9)39(60)21-20-36(47(68)69)56-41(61)29(5)34(50)19-18-27(3)24-28(4)38(72-10)25-33-15-12-11-13-16-33/h11-13,15-16,18-19,24,26,28-31,34-38,40H,8,14,17,20-23,25,50H2,1-7,9-10H3,(H,54,64)(H,55,62)(H,56,61)(H,57,63)(H,58,65)(H,66,67)(H,68,69)(H,70,71)(H4,51,52,53)/b19-18+,27-24+/t28-,29-,30-,31+,34-,35-,36+,37-,38-,40+/m0/s1. The Hall–Kier alpha value is -7.14. The lowest BCUT2D eigenvalue weighted by Gasteiger charge is -2.27. The number of benzene rings is 1. The molecule has 1 rings (SSSR count). The molecular formula is C49H76N10O13. The maximum atomic E-state index is 13.5. The number of carboxylic acid groups (broad SMARTS) is 3. The van der Waals surface area contributed by atoms with Crippen molar-refractivity contribution in [3.63, 3.8) is 0 Å². The summed E-state index contributed by atoms with van der Waals surface area (Å²) < 4.78 is 5.73. The van der Waals surface area contributed by atoms with Gasteiger partial charge in [0.2, 0.25) is 29.5 Å². The monoisotopic (exact) mass is 1010 g/mol. The molecule has 0 heterocycles. The molecule has 0 radical (unpaired) electrons. The van der Waals surface area contributed by atoms with Crippen LogP contribution in [0.4, 0.5) is 0 Å². The van der Waals surface area contributed by atoms with Crippen LogP contribution in [0.1, 0.15) is 86.1 Å². The summed E-state index contributed by atoms with van der Waals surface area (Å²) in [5.74, 6) is -12.5. The second-order valence-electron chi connectivity index (χ2n) is 18.1. The molecule has 0 fully saturated rings. The summed E-state index contributed by atoms with van der Waals surface area (Å²) in [6.07, 6.45) is 5.33. The van der Waals surface area contributed by atoms with Crippen LogP contribution < -0.4 is 43.8 Å². The third kappa shape index (κ3) is 22.3. The third-order valence-corrected chi connectivity index (χ3v) is 11.7. The summed E-state index contributed by atoms with van der Waals surface area (Å²) in [4.78, 5) is 120. The van der Waals surface area contributed by atoms with Crippen molar-refractivity contribution < 1.29 is 63.2 Å². The van der Waals surface area contributed by atoms with Gasteiger partial charge in [-0.15, -0.1) is 0 Å². The Morgan fingerprint density at radius 1 is 0.764 bits per heavy atom. The number of carbonyl (C=O) groups is 9. The number of aliphatic imine (C=N–C) groups is 1. The summed E-state index contributed by atoms with van der Waals surface area (Å²) in [6, 6.07) is 1.64. The molecule has 0 saturated carbocycles. The molecule has 6 amide bonds. The van der Waals surface area contributed by atoms with Crippen LogP contribution in [0.2, 0.25) is 0 Å². The van der Waals surface area contributed by atoms with E-state index in [1.165, 1.54) is 27.8 Å². The summed E-state index contributed by atoms with van der Waals surface area (Å²) in [5.41, 5.74) is 18.4. The van der Waals surface area contributed by atoms with Gasteiger partial charge in [0.05, 0.1) is 17.9 Å². The number of hydrogen-bond donors (Lipinski definition) is 11. The number of nitrogens with one attached hydrogen (secondary N) is 5. The number of nitrogens with two attached hydrogens (primary N) is 3. The minimum Gasteiger partial charge on any atom is -0.480 e. The fourth-order valence-electron chi connectivity index (χ4n) is 7.03. The van der Waals surface area contributed by atoms with Crippen molar-refractivity contribution in [2.75, 3.05) is 20.7 Å². The number of methoxy groups -OCH3 is 1. The second-order valence-corrected chi connectivity index (χ2v) is 18.1. The molecule has 72 heavy (non-hydrogen) atoms. The van der Waals surface area contributed by atoms with Crippen molar-refractivity contribution in [3.05, 3.63) is 72.0 Å². The zero-order valence-electron chi connectivity index (χ0n) is 42.7. The first-order valence-electron chi connectivity index (χ1n) is 23.5. The van der Waals surface area contributed by atoms with Crippen LogP contribution in [0.3, 0.4) is 0 Å². The number of allylic oxidation sites excluding steroid dienone is 2. The predicted molar refractivity (Wildman–Crippen MR) is 268 cm³/mol. The number of amides is 6. The topological polar surface area (TPSA) is 377 Å². The highest BCUT2D eigenvalue weighted by atomic mass is 16.5. The van der Waals surface area contributed by atoms with E-state index >= 15 is 0 Å². The molecule has 0 aromatic heterocycles. The molecule has 0 unspecified atom stereocenters. The zero-order chi connectivity index (χ0) is 55.0. The average Bonchev–Trinajstić information content (AvgIpc) is 3.31. The molecule has 1 aromatic rings. The van der Waals surface area contributed by atoms with E-state index in [0.29, 0.717) is 6.42 Å². The van der Waals surface area contributed by atoms with Gasteiger partial charge in [-0.25, -0.2) is 14.4 Å². The van der Waals surface area contributed by atoms with E-state index in [2.05, 4.69) is 38.2 Å². The predicted octanol–water partition coefficient (Wildman–Crippen LogP) is 0.532. The number of aliphatic carboxylic acids is 3. The first-order valence-corrected chi connectivity index (χ1v) is 23.5. The third-order valence-electron chi connectivity index (χ3n) is 11.7. The van der Waals surface area contributed by atoms with Gasteiger partial charge in [0.1, 0.15) is 35.9 Å². The molecule has 0 aliphatic carbocycles. The number of likely N-dealkylation sites (N-methyl/N-ethyl adjacent to an activating group) is 1. The van der Waals surface area contributed by atoms with Crippen LogP contribution in [0.15, 0.2) is 71.4 Å². The number of guanidine groups is 1.